The fraction of sp³-hybridized carbons (Fsp3) is 0.407. The average molecular weight is 491 g/mol. The Morgan fingerprint density at radius 3 is 2.75 bits per heavy atom. The molecule has 3 aromatic heterocycles. The van der Waals surface area contributed by atoms with Gasteiger partial charge in [0, 0.05) is 30.4 Å². The summed E-state index contributed by atoms with van der Waals surface area (Å²) < 4.78 is 19.0. The number of fused-ring (bicyclic) bond motifs is 2. The molecule has 0 spiro atoms. The van der Waals surface area contributed by atoms with Crippen molar-refractivity contribution in [2.45, 2.75) is 59.1 Å². The molecule has 1 amide bonds. The van der Waals surface area contributed by atoms with Gasteiger partial charge in [-0.3, -0.25) is 4.98 Å². The third kappa shape index (κ3) is 4.78. The molecule has 188 valence electrons. The number of aromatic nitrogens is 3. The molecule has 0 N–H and O–H groups in total. The number of ether oxygens (including phenoxy) is 2. The highest BCUT2D eigenvalue weighted by Crippen LogP contribution is 2.26. The number of hydrogen-bond donors (Lipinski definition) is 0. The van der Waals surface area contributed by atoms with Gasteiger partial charge in [0.25, 0.3) is 0 Å². The molecule has 1 aromatic carbocycles. The maximum Gasteiger partial charge on any atom is 0.410 e. The van der Waals surface area contributed by atoms with Crippen LogP contribution in [0.1, 0.15) is 45.0 Å². The van der Waals surface area contributed by atoms with Crippen LogP contribution >= 0.6 is 0 Å². The Kier molecular flexibility index (Phi) is 5.94. The molecule has 0 radical (unpaired) electrons. The number of imidazole rings is 1. The van der Waals surface area contributed by atoms with Gasteiger partial charge in [0.15, 0.2) is 5.65 Å². The van der Waals surface area contributed by atoms with Gasteiger partial charge in [-0.15, -0.1) is 0 Å². The van der Waals surface area contributed by atoms with Gasteiger partial charge in [0.05, 0.1) is 28.7 Å². The molecule has 0 aliphatic carbocycles. The molecule has 36 heavy (non-hydrogen) atoms. The molecule has 1 fully saturated rings. The molecule has 1 aliphatic rings. The number of likely N-dealkylation sites (tertiary alicyclic amines) is 1. The van der Waals surface area contributed by atoms with E-state index in [0.717, 1.165) is 29.6 Å². The zero-order chi connectivity index (χ0) is 25.6. The molecule has 1 aliphatic heterocycles. The van der Waals surface area contributed by atoms with Gasteiger partial charge < -0.3 is 23.2 Å². The van der Waals surface area contributed by atoms with Crippen LogP contribution in [0.25, 0.3) is 27.9 Å². The topological polar surface area (TPSA) is 99.2 Å². The van der Waals surface area contributed by atoms with Crippen LogP contribution < -0.4 is 10.4 Å². The summed E-state index contributed by atoms with van der Waals surface area (Å²) in [5, 5.41) is 0.760. The van der Waals surface area contributed by atoms with Crippen LogP contribution in [-0.4, -0.2) is 50.2 Å². The fourth-order valence-electron chi connectivity index (χ4n) is 4.56. The first-order valence-corrected chi connectivity index (χ1v) is 12.1. The normalized spacial score (nSPS) is 16.1. The van der Waals surface area contributed by atoms with Crippen LogP contribution in [0.15, 0.2) is 45.9 Å². The van der Waals surface area contributed by atoms with Crippen LogP contribution in [0.2, 0.25) is 0 Å². The predicted molar refractivity (Wildman–Crippen MR) is 135 cm³/mol. The molecule has 0 bridgehead atoms. The van der Waals surface area contributed by atoms with Crippen molar-refractivity contribution < 1.29 is 18.7 Å². The van der Waals surface area contributed by atoms with Crippen molar-refractivity contribution >= 4 is 22.7 Å². The lowest BCUT2D eigenvalue weighted by Gasteiger charge is -2.28. The number of rotatable bonds is 4. The number of amides is 1. The molecule has 1 saturated heterocycles. The highest BCUT2D eigenvalue weighted by atomic mass is 16.6. The van der Waals surface area contributed by atoms with Gasteiger partial charge >= 0.3 is 11.7 Å². The van der Waals surface area contributed by atoms with Crippen molar-refractivity contribution in [3.8, 4) is 17.0 Å². The van der Waals surface area contributed by atoms with Gasteiger partial charge in [-0.2, -0.15) is 0 Å². The van der Waals surface area contributed by atoms with Gasteiger partial charge in [0.1, 0.15) is 23.5 Å². The number of carbonyl (C=O) groups excluding carboxylic acids is 1. The lowest BCUT2D eigenvalue weighted by Crippen LogP contribution is -2.42. The van der Waals surface area contributed by atoms with Crippen molar-refractivity contribution in [1.29, 1.82) is 0 Å². The van der Waals surface area contributed by atoms with E-state index in [2.05, 4.69) is 9.97 Å². The van der Waals surface area contributed by atoms with E-state index in [1.165, 1.54) is 0 Å². The summed E-state index contributed by atoms with van der Waals surface area (Å²) in [6, 6.07) is 7.10. The van der Waals surface area contributed by atoms with Crippen molar-refractivity contribution in [2.75, 3.05) is 13.2 Å². The van der Waals surface area contributed by atoms with Gasteiger partial charge in [-0.25, -0.2) is 14.6 Å². The van der Waals surface area contributed by atoms with E-state index in [1.54, 1.807) is 17.0 Å². The molecule has 0 unspecified atom stereocenters. The van der Waals surface area contributed by atoms with Gasteiger partial charge in [0.2, 0.25) is 0 Å². The standard InChI is InChI=1S/C27H30N4O5/c1-16-13-30-14-22(29-24(30)17(2)28-16)21-11-18-8-9-20(12-23(18)35-25(21)32)34-15-19-7-6-10-31(19)26(33)36-27(3,4)5/h8-9,11-14,19H,6-7,10,15H2,1-5H3/t19-/m1/s1. The largest absolute Gasteiger partial charge is 0.491 e. The lowest BCUT2D eigenvalue weighted by molar-refractivity contribution is 0.0187. The smallest absolute Gasteiger partial charge is 0.410 e. The maximum absolute atomic E-state index is 12.8. The van der Waals surface area contributed by atoms with Gasteiger partial charge in [-0.05, 0) is 65.7 Å². The predicted octanol–water partition coefficient (Wildman–Crippen LogP) is 4.90. The zero-order valence-electron chi connectivity index (χ0n) is 21.2. The second-order valence-corrected chi connectivity index (χ2v) is 10.3. The van der Waals surface area contributed by atoms with Crippen molar-refractivity contribution in [3.05, 3.63) is 58.5 Å². The molecule has 9 heteroatoms. The van der Waals surface area contributed by atoms with Crippen LogP contribution in [0.5, 0.6) is 5.75 Å². The number of carbonyl (C=O) groups is 1. The Morgan fingerprint density at radius 1 is 1.17 bits per heavy atom. The quantitative estimate of drug-likeness (QED) is 0.375. The number of nitrogens with zero attached hydrogens (tertiary/aromatic N) is 4. The Bertz CT molecular complexity index is 1510. The Labute approximate surface area is 208 Å². The SMILES string of the molecule is Cc1cn2cc(-c3cc4ccc(OC[C@H]5CCCN5C(=O)OC(C)(C)C)cc4oc3=O)nc2c(C)n1. The number of benzene rings is 1. The second kappa shape index (κ2) is 8.96. The Morgan fingerprint density at radius 2 is 1.97 bits per heavy atom. The first kappa shape index (κ1) is 23.8. The molecule has 4 aromatic rings. The van der Waals surface area contributed by atoms with E-state index in [1.807, 2.05) is 63.5 Å². The minimum atomic E-state index is -0.544. The summed E-state index contributed by atoms with van der Waals surface area (Å²) in [5.41, 5.74) is 2.69. The maximum atomic E-state index is 12.8. The molecule has 4 heterocycles. The molecule has 5 rings (SSSR count). The van der Waals surface area contributed by atoms with E-state index < -0.39 is 11.2 Å². The second-order valence-electron chi connectivity index (χ2n) is 10.3. The highest BCUT2D eigenvalue weighted by Gasteiger charge is 2.32. The van der Waals surface area contributed by atoms with E-state index >= 15 is 0 Å². The zero-order valence-corrected chi connectivity index (χ0v) is 21.2. The third-order valence-corrected chi connectivity index (χ3v) is 6.16. The van der Waals surface area contributed by atoms with E-state index in [4.69, 9.17) is 13.9 Å². The van der Waals surface area contributed by atoms with Crippen LogP contribution in [0, 0.1) is 13.8 Å². The summed E-state index contributed by atoms with van der Waals surface area (Å²) in [7, 11) is 0. The highest BCUT2D eigenvalue weighted by molar-refractivity contribution is 5.82. The molecular formula is C27H30N4O5. The monoisotopic (exact) mass is 490 g/mol. The van der Waals surface area contributed by atoms with Crippen molar-refractivity contribution in [1.82, 2.24) is 19.3 Å². The first-order valence-electron chi connectivity index (χ1n) is 12.1. The molecule has 9 nitrogen and oxygen atoms in total. The van der Waals surface area contributed by atoms with Crippen molar-refractivity contribution in [3.63, 3.8) is 0 Å². The van der Waals surface area contributed by atoms with Crippen LogP contribution in [0.3, 0.4) is 0 Å². The molecule has 1 atom stereocenters. The molecule has 0 saturated carbocycles. The minimum Gasteiger partial charge on any atom is -0.491 e. The minimum absolute atomic E-state index is 0.0680. The summed E-state index contributed by atoms with van der Waals surface area (Å²) in [4.78, 5) is 36.1. The van der Waals surface area contributed by atoms with Crippen molar-refractivity contribution in [2.24, 2.45) is 0 Å². The summed E-state index contributed by atoms with van der Waals surface area (Å²) in [6.07, 6.45) is 5.11. The number of aryl methyl sites for hydroxylation is 2. The van der Waals surface area contributed by atoms with Gasteiger partial charge in [-0.1, -0.05) is 0 Å². The summed E-state index contributed by atoms with van der Waals surface area (Å²) in [5.74, 6) is 0.569. The Hall–Kier alpha value is -3.88. The summed E-state index contributed by atoms with van der Waals surface area (Å²) >= 11 is 0. The lowest BCUT2D eigenvalue weighted by atomic mass is 10.1. The average Bonchev–Trinajstić information content (AvgIpc) is 3.43. The molecular weight excluding hydrogens is 460 g/mol. The van der Waals surface area contributed by atoms with E-state index in [9.17, 15) is 9.59 Å². The Balaban J connectivity index is 1.35. The number of hydrogen-bond acceptors (Lipinski definition) is 7. The summed E-state index contributed by atoms with van der Waals surface area (Å²) in [6.45, 7) is 10.4. The van der Waals surface area contributed by atoms with E-state index in [-0.39, 0.29) is 12.1 Å². The fourth-order valence-corrected chi connectivity index (χ4v) is 4.56. The third-order valence-electron chi connectivity index (χ3n) is 6.16. The van der Waals surface area contributed by atoms with Crippen LogP contribution in [-0.2, 0) is 4.74 Å². The van der Waals surface area contributed by atoms with Crippen LogP contribution in [0.4, 0.5) is 4.79 Å². The van der Waals surface area contributed by atoms with E-state index in [0.29, 0.717) is 41.4 Å². The first-order chi connectivity index (χ1) is 17.1.